The zero-order chi connectivity index (χ0) is 30.9. The molecular weight excluding hydrogens is 572 g/mol. The number of carbonyl (C=O) groups is 3. The molecule has 0 saturated carbocycles. The molecule has 1 aromatic carbocycles. The van der Waals surface area contributed by atoms with Crippen molar-refractivity contribution in [1.29, 1.82) is 0 Å². The third-order valence-electron chi connectivity index (χ3n) is 7.52. The van der Waals surface area contributed by atoms with Gasteiger partial charge in [0.1, 0.15) is 11.9 Å². The van der Waals surface area contributed by atoms with E-state index < -0.39 is 78.1 Å². The molecule has 3 atom stereocenters. The third kappa shape index (κ3) is 6.68. The number of nitrogens with zero attached hydrogens (tertiary/aromatic N) is 5. The van der Waals surface area contributed by atoms with Gasteiger partial charge in [0.05, 0.1) is 12.6 Å². The van der Waals surface area contributed by atoms with Gasteiger partial charge in [0, 0.05) is 38.2 Å². The number of benzene rings is 1. The van der Waals surface area contributed by atoms with Crippen LogP contribution >= 0.6 is 0 Å². The van der Waals surface area contributed by atoms with Crippen LogP contribution in [0.25, 0.3) is 0 Å². The predicted octanol–water partition coefficient (Wildman–Crippen LogP) is 2.15. The molecule has 3 amide bonds. The van der Waals surface area contributed by atoms with Crippen molar-refractivity contribution in [3.8, 4) is 0 Å². The first-order valence-electron chi connectivity index (χ1n) is 13.4. The summed E-state index contributed by atoms with van der Waals surface area (Å²) in [7, 11) is 0. The lowest BCUT2D eigenvalue weighted by Gasteiger charge is -2.31. The normalized spacial score (nSPS) is 18.7. The summed E-state index contributed by atoms with van der Waals surface area (Å²) in [5.41, 5.74) is 5.70. The summed E-state index contributed by atoms with van der Waals surface area (Å²) in [6.07, 6.45) is -4.75. The molecule has 2 aromatic rings. The Morgan fingerprint density at radius 1 is 1.05 bits per heavy atom. The van der Waals surface area contributed by atoms with E-state index in [1.807, 2.05) is 0 Å². The SMILES string of the molecule is CC(C)C(N)C(=O)N1CCCC1C(=O)NC(CC(=O)N1CCn2c(nnc2C(F)(F)F)C1)Cc1cc(F)c(F)cc1F. The Balaban J connectivity index is 1.53. The molecule has 10 nitrogen and oxygen atoms in total. The molecule has 3 unspecified atom stereocenters. The lowest BCUT2D eigenvalue weighted by Crippen LogP contribution is -2.54. The third-order valence-corrected chi connectivity index (χ3v) is 7.52. The number of nitrogens with two attached hydrogens (primary N) is 1. The molecule has 2 aliphatic heterocycles. The van der Waals surface area contributed by atoms with Crippen LogP contribution in [0.15, 0.2) is 12.1 Å². The van der Waals surface area contributed by atoms with Gasteiger partial charge in [-0.25, -0.2) is 13.2 Å². The number of hydrogen-bond donors (Lipinski definition) is 2. The molecule has 0 aliphatic carbocycles. The molecule has 3 N–H and O–H groups in total. The number of rotatable bonds is 8. The van der Waals surface area contributed by atoms with E-state index in [1.54, 1.807) is 13.8 Å². The molecule has 1 saturated heterocycles. The van der Waals surface area contributed by atoms with Crippen LogP contribution in [0.4, 0.5) is 26.3 Å². The Bertz CT molecular complexity index is 1350. The van der Waals surface area contributed by atoms with Crippen molar-refractivity contribution in [1.82, 2.24) is 29.9 Å². The molecule has 42 heavy (non-hydrogen) atoms. The summed E-state index contributed by atoms with van der Waals surface area (Å²) in [6.45, 7) is 3.17. The summed E-state index contributed by atoms with van der Waals surface area (Å²) < 4.78 is 82.4. The van der Waals surface area contributed by atoms with E-state index in [1.165, 1.54) is 9.80 Å². The molecule has 0 bridgehead atoms. The molecule has 3 heterocycles. The number of fused-ring (bicyclic) bond motifs is 1. The quantitative estimate of drug-likeness (QED) is 0.352. The highest BCUT2D eigenvalue weighted by Gasteiger charge is 2.41. The van der Waals surface area contributed by atoms with Gasteiger partial charge in [-0.2, -0.15) is 13.2 Å². The molecule has 16 heteroatoms. The van der Waals surface area contributed by atoms with Crippen LogP contribution in [0.1, 0.15) is 50.3 Å². The highest BCUT2D eigenvalue weighted by atomic mass is 19.4. The number of halogens is 6. The van der Waals surface area contributed by atoms with Gasteiger partial charge in [-0.3, -0.25) is 14.4 Å². The van der Waals surface area contributed by atoms with Crippen molar-refractivity contribution in [2.75, 3.05) is 13.1 Å². The lowest BCUT2D eigenvalue weighted by molar-refractivity contribution is -0.148. The lowest BCUT2D eigenvalue weighted by atomic mass is 10.0. The van der Waals surface area contributed by atoms with E-state index in [2.05, 4.69) is 15.5 Å². The molecule has 230 valence electrons. The number of carbonyl (C=O) groups excluding carboxylic acids is 3. The Morgan fingerprint density at radius 3 is 2.40 bits per heavy atom. The maximum atomic E-state index is 14.5. The number of amides is 3. The van der Waals surface area contributed by atoms with Crippen LogP contribution in [-0.2, 0) is 40.1 Å². The van der Waals surface area contributed by atoms with E-state index in [-0.39, 0.29) is 43.5 Å². The highest BCUT2D eigenvalue weighted by Crippen LogP contribution is 2.30. The first-order chi connectivity index (χ1) is 19.7. The smallest absolute Gasteiger partial charge is 0.351 e. The summed E-state index contributed by atoms with van der Waals surface area (Å²) in [4.78, 5) is 42.1. The molecular formula is C26H31F6N7O3. The average Bonchev–Trinajstić information content (AvgIpc) is 3.58. The van der Waals surface area contributed by atoms with E-state index in [0.717, 1.165) is 4.57 Å². The maximum Gasteiger partial charge on any atom is 0.451 e. The maximum absolute atomic E-state index is 14.5. The number of aromatic nitrogens is 3. The Labute approximate surface area is 237 Å². The van der Waals surface area contributed by atoms with Crippen molar-refractivity contribution in [3.05, 3.63) is 46.8 Å². The zero-order valence-corrected chi connectivity index (χ0v) is 22.9. The molecule has 0 spiro atoms. The monoisotopic (exact) mass is 603 g/mol. The topological polar surface area (TPSA) is 126 Å². The van der Waals surface area contributed by atoms with E-state index >= 15 is 0 Å². The van der Waals surface area contributed by atoms with Gasteiger partial charge in [-0.1, -0.05) is 13.8 Å². The van der Waals surface area contributed by atoms with Crippen molar-refractivity contribution >= 4 is 17.7 Å². The zero-order valence-electron chi connectivity index (χ0n) is 22.9. The molecule has 1 aromatic heterocycles. The standard InChI is InChI=1S/C26H31F6N7O3/c1-13(2)22(33)24(42)38-5-3-4-19(38)23(41)34-15(8-14-9-17(28)18(29)11-16(14)27)10-21(40)37-6-7-39-20(12-37)35-36-25(39)26(30,31)32/h9,11,13,15,19,22H,3-8,10,12,33H2,1-2H3,(H,34,41). The van der Waals surface area contributed by atoms with E-state index in [0.29, 0.717) is 25.0 Å². The predicted molar refractivity (Wildman–Crippen MR) is 135 cm³/mol. The number of hydrogen-bond acceptors (Lipinski definition) is 6. The van der Waals surface area contributed by atoms with Gasteiger partial charge < -0.3 is 25.4 Å². The van der Waals surface area contributed by atoms with E-state index in [9.17, 15) is 40.7 Å². The van der Waals surface area contributed by atoms with Crippen LogP contribution in [0.5, 0.6) is 0 Å². The van der Waals surface area contributed by atoms with Gasteiger partial charge in [0.15, 0.2) is 17.5 Å². The van der Waals surface area contributed by atoms with Gasteiger partial charge in [-0.15, -0.1) is 10.2 Å². The first kappa shape index (κ1) is 31.3. The van der Waals surface area contributed by atoms with Crippen molar-refractivity contribution < 1.29 is 40.7 Å². The minimum atomic E-state index is -4.73. The van der Waals surface area contributed by atoms with Crippen LogP contribution < -0.4 is 11.1 Å². The number of alkyl halides is 3. The van der Waals surface area contributed by atoms with Crippen LogP contribution in [0.3, 0.4) is 0 Å². The van der Waals surface area contributed by atoms with Crippen LogP contribution in [-0.4, -0.2) is 73.5 Å². The second kappa shape index (κ2) is 12.3. The molecule has 1 fully saturated rings. The minimum Gasteiger partial charge on any atom is -0.351 e. The van der Waals surface area contributed by atoms with Crippen LogP contribution in [0.2, 0.25) is 0 Å². The second-order valence-corrected chi connectivity index (χ2v) is 10.8. The highest BCUT2D eigenvalue weighted by molar-refractivity contribution is 5.91. The van der Waals surface area contributed by atoms with Gasteiger partial charge >= 0.3 is 6.18 Å². The molecule has 4 rings (SSSR count). The Morgan fingerprint density at radius 2 is 1.74 bits per heavy atom. The summed E-state index contributed by atoms with van der Waals surface area (Å²) in [5, 5.41) is 9.36. The van der Waals surface area contributed by atoms with Gasteiger partial charge in [0.25, 0.3) is 0 Å². The van der Waals surface area contributed by atoms with Crippen molar-refractivity contribution in [2.45, 2.75) is 76.9 Å². The Kier molecular flexibility index (Phi) is 9.13. The van der Waals surface area contributed by atoms with Gasteiger partial charge in [-0.05, 0) is 36.8 Å². The fourth-order valence-electron chi connectivity index (χ4n) is 5.16. The Hall–Kier alpha value is -3.69. The minimum absolute atomic E-state index is 0.0873. The van der Waals surface area contributed by atoms with Crippen LogP contribution in [0, 0.1) is 23.4 Å². The number of likely N-dealkylation sites (tertiary alicyclic amines) is 1. The fourth-order valence-corrected chi connectivity index (χ4v) is 5.16. The second-order valence-electron chi connectivity index (χ2n) is 10.8. The van der Waals surface area contributed by atoms with Crippen molar-refractivity contribution in [2.24, 2.45) is 11.7 Å². The van der Waals surface area contributed by atoms with Crippen molar-refractivity contribution in [3.63, 3.8) is 0 Å². The largest absolute Gasteiger partial charge is 0.451 e. The summed E-state index contributed by atoms with van der Waals surface area (Å²) in [5.74, 6) is -6.94. The molecule has 2 aliphatic rings. The summed E-state index contributed by atoms with van der Waals surface area (Å²) in [6, 6.07) is -1.91. The average molecular weight is 604 g/mol. The first-order valence-corrected chi connectivity index (χ1v) is 13.4. The fraction of sp³-hybridized carbons (Fsp3) is 0.577. The van der Waals surface area contributed by atoms with Gasteiger partial charge in [0.2, 0.25) is 23.5 Å². The summed E-state index contributed by atoms with van der Waals surface area (Å²) >= 11 is 0. The molecule has 0 radical (unpaired) electrons. The van der Waals surface area contributed by atoms with E-state index in [4.69, 9.17) is 5.73 Å². The number of nitrogens with one attached hydrogen (secondary N) is 1.